The van der Waals surface area contributed by atoms with E-state index in [1.807, 2.05) is 35.9 Å². The highest BCUT2D eigenvalue weighted by atomic mass is 16.1. The van der Waals surface area contributed by atoms with Gasteiger partial charge in [-0.1, -0.05) is 12.1 Å². The fraction of sp³-hybridized carbons (Fsp3) is 0.400. The van der Waals surface area contributed by atoms with Gasteiger partial charge in [-0.05, 0) is 25.0 Å². The third kappa shape index (κ3) is 3.66. The van der Waals surface area contributed by atoms with Crippen LogP contribution in [0.3, 0.4) is 0 Å². The van der Waals surface area contributed by atoms with Crippen molar-refractivity contribution in [2.45, 2.75) is 25.3 Å². The van der Waals surface area contributed by atoms with E-state index in [9.17, 15) is 4.79 Å². The van der Waals surface area contributed by atoms with Gasteiger partial charge in [0, 0.05) is 37.3 Å². The van der Waals surface area contributed by atoms with E-state index >= 15 is 0 Å². The molecule has 1 aromatic heterocycles. The van der Waals surface area contributed by atoms with Gasteiger partial charge in [-0.15, -0.1) is 10.2 Å². The molecule has 0 radical (unpaired) electrons. The van der Waals surface area contributed by atoms with Crippen molar-refractivity contribution in [3.63, 3.8) is 0 Å². The Morgan fingerprint density at radius 3 is 3.00 bits per heavy atom. The molecule has 110 valence electrons. The minimum absolute atomic E-state index is 0.0262. The number of benzene rings is 1. The number of anilines is 1. The minimum Gasteiger partial charge on any atom is -0.326 e. The van der Waals surface area contributed by atoms with Crippen molar-refractivity contribution in [1.29, 1.82) is 0 Å². The normalized spacial score (nSPS) is 14.1. The van der Waals surface area contributed by atoms with E-state index < -0.39 is 0 Å². The highest BCUT2D eigenvalue weighted by Crippen LogP contribution is 2.20. The van der Waals surface area contributed by atoms with Gasteiger partial charge in [-0.3, -0.25) is 4.79 Å². The molecule has 21 heavy (non-hydrogen) atoms. The van der Waals surface area contributed by atoms with Crippen LogP contribution < -0.4 is 10.6 Å². The van der Waals surface area contributed by atoms with Crippen LogP contribution in [0, 0.1) is 0 Å². The molecule has 6 heteroatoms. The maximum absolute atomic E-state index is 11.9. The predicted molar refractivity (Wildman–Crippen MR) is 80.7 cm³/mol. The average molecular weight is 285 g/mol. The summed E-state index contributed by atoms with van der Waals surface area (Å²) in [6, 6.07) is 8.29. The van der Waals surface area contributed by atoms with Crippen LogP contribution in [-0.4, -0.2) is 33.3 Å². The summed E-state index contributed by atoms with van der Waals surface area (Å²) in [5.74, 6) is 0.805. The van der Waals surface area contributed by atoms with Gasteiger partial charge in [0.05, 0.1) is 0 Å². The van der Waals surface area contributed by atoms with Gasteiger partial charge >= 0.3 is 0 Å². The molecule has 0 unspecified atom stereocenters. The zero-order valence-corrected chi connectivity index (χ0v) is 12.0. The van der Waals surface area contributed by atoms with Crippen LogP contribution in [0.15, 0.2) is 30.6 Å². The molecule has 3 rings (SSSR count). The molecule has 1 saturated carbocycles. The molecule has 1 amide bonds. The van der Waals surface area contributed by atoms with Crippen LogP contribution in [0.25, 0.3) is 11.4 Å². The predicted octanol–water partition coefficient (Wildman–Crippen LogP) is 1.56. The van der Waals surface area contributed by atoms with Crippen LogP contribution >= 0.6 is 0 Å². The molecule has 2 N–H and O–H groups in total. The fourth-order valence-corrected chi connectivity index (χ4v) is 2.18. The van der Waals surface area contributed by atoms with E-state index in [0.29, 0.717) is 12.5 Å². The summed E-state index contributed by atoms with van der Waals surface area (Å²) in [5, 5.41) is 14.2. The smallest absolute Gasteiger partial charge is 0.225 e. The zero-order valence-electron chi connectivity index (χ0n) is 12.0. The quantitative estimate of drug-likeness (QED) is 0.845. The number of nitrogens with zero attached hydrogens (tertiary/aromatic N) is 3. The van der Waals surface area contributed by atoms with Crippen LogP contribution in [0.5, 0.6) is 0 Å². The number of amides is 1. The first-order valence-electron chi connectivity index (χ1n) is 7.20. The van der Waals surface area contributed by atoms with Crippen molar-refractivity contribution in [3.8, 4) is 11.4 Å². The van der Waals surface area contributed by atoms with E-state index in [4.69, 9.17) is 0 Å². The maximum Gasteiger partial charge on any atom is 0.225 e. The maximum atomic E-state index is 11.9. The molecule has 0 atom stereocenters. The molecule has 0 spiro atoms. The van der Waals surface area contributed by atoms with E-state index in [-0.39, 0.29) is 5.91 Å². The zero-order chi connectivity index (χ0) is 14.7. The highest BCUT2D eigenvalue weighted by molar-refractivity contribution is 5.91. The standard InChI is InChI=1S/C15H19N5O/c1-20-10-17-19-15(20)11-3-2-4-13(9-11)18-14(21)7-8-16-12-5-6-12/h2-4,9-10,12,16H,5-8H2,1H3,(H,18,21). The summed E-state index contributed by atoms with van der Waals surface area (Å²) in [6.45, 7) is 0.736. The number of hydrogen-bond acceptors (Lipinski definition) is 4. The SMILES string of the molecule is Cn1cnnc1-c1cccc(NC(=O)CCNC2CC2)c1. The molecule has 1 aliphatic rings. The van der Waals surface area contributed by atoms with Gasteiger partial charge in [0.25, 0.3) is 0 Å². The lowest BCUT2D eigenvalue weighted by Crippen LogP contribution is -2.23. The first-order chi connectivity index (χ1) is 10.2. The van der Waals surface area contributed by atoms with Gasteiger partial charge in [0.2, 0.25) is 5.91 Å². The van der Waals surface area contributed by atoms with Crippen LogP contribution in [0.2, 0.25) is 0 Å². The topological polar surface area (TPSA) is 71.8 Å². The average Bonchev–Trinajstić information content (AvgIpc) is 3.19. The number of carbonyl (C=O) groups is 1. The molecule has 0 aliphatic heterocycles. The summed E-state index contributed by atoms with van der Waals surface area (Å²) < 4.78 is 1.85. The van der Waals surface area contributed by atoms with Gasteiger partial charge in [0.15, 0.2) is 5.82 Å². The molecule has 2 aromatic rings. The number of carbonyl (C=O) groups excluding carboxylic acids is 1. The second kappa shape index (κ2) is 6.05. The van der Waals surface area contributed by atoms with Crippen molar-refractivity contribution in [2.75, 3.05) is 11.9 Å². The summed E-state index contributed by atoms with van der Waals surface area (Å²) in [5.41, 5.74) is 1.72. The molecule has 1 aromatic carbocycles. The third-order valence-corrected chi connectivity index (χ3v) is 3.48. The molecule has 1 fully saturated rings. The Kier molecular flexibility index (Phi) is 3.96. The monoisotopic (exact) mass is 285 g/mol. The Morgan fingerprint density at radius 2 is 2.29 bits per heavy atom. The minimum atomic E-state index is 0.0262. The lowest BCUT2D eigenvalue weighted by molar-refractivity contribution is -0.116. The number of hydrogen-bond donors (Lipinski definition) is 2. The molecule has 1 aliphatic carbocycles. The van der Waals surface area contributed by atoms with Gasteiger partial charge < -0.3 is 15.2 Å². The van der Waals surface area contributed by atoms with Crippen LogP contribution in [0.1, 0.15) is 19.3 Å². The van der Waals surface area contributed by atoms with Crippen LogP contribution in [-0.2, 0) is 11.8 Å². The lowest BCUT2D eigenvalue weighted by Gasteiger charge is -2.07. The Labute approximate surface area is 123 Å². The van der Waals surface area contributed by atoms with Crippen molar-refractivity contribution in [1.82, 2.24) is 20.1 Å². The van der Waals surface area contributed by atoms with Gasteiger partial charge in [0.1, 0.15) is 6.33 Å². The second-order valence-corrected chi connectivity index (χ2v) is 5.37. The van der Waals surface area contributed by atoms with E-state index in [1.54, 1.807) is 6.33 Å². The molecular formula is C15H19N5O. The molecule has 0 bridgehead atoms. The number of aryl methyl sites for hydroxylation is 1. The lowest BCUT2D eigenvalue weighted by atomic mass is 10.2. The number of nitrogens with one attached hydrogen (secondary N) is 2. The Morgan fingerprint density at radius 1 is 1.43 bits per heavy atom. The summed E-state index contributed by atoms with van der Waals surface area (Å²) in [4.78, 5) is 11.9. The summed E-state index contributed by atoms with van der Waals surface area (Å²) in [7, 11) is 1.89. The molecular weight excluding hydrogens is 266 g/mol. The first kappa shape index (κ1) is 13.8. The first-order valence-corrected chi connectivity index (χ1v) is 7.20. The van der Waals surface area contributed by atoms with E-state index in [2.05, 4.69) is 20.8 Å². The summed E-state index contributed by atoms with van der Waals surface area (Å²) >= 11 is 0. The molecule has 6 nitrogen and oxygen atoms in total. The number of aromatic nitrogens is 3. The number of rotatable bonds is 6. The molecule has 0 saturated heterocycles. The van der Waals surface area contributed by atoms with Crippen molar-refractivity contribution in [2.24, 2.45) is 7.05 Å². The third-order valence-electron chi connectivity index (χ3n) is 3.48. The van der Waals surface area contributed by atoms with E-state index in [0.717, 1.165) is 23.6 Å². The van der Waals surface area contributed by atoms with Gasteiger partial charge in [-0.2, -0.15) is 0 Å². The van der Waals surface area contributed by atoms with Crippen LogP contribution in [0.4, 0.5) is 5.69 Å². The largest absolute Gasteiger partial charge is 0.326 e. The summed E-state index contributed by atoms with van der Waals surface area (Å²) in [6.07, 6.45) is 4.62. The van der Waals surface area contributed by atoms with Crippen molar-refractivity contribution < 1.29 is 4.79 Å². The van der Waals surface area contributed by atoms with Crippen molar-refractivity contribution in [3.05, 3.63) is 30.6 Å². The Balaban J connectivity index is 1.60. The second-order valence-electron chi connectivity index (χ2n) is 5.37. The molecule has 1 heterocycles. The highest BCUT2D eigenvalue weighted by Gasteiger charge is 2.20. The fourth-order valence-electron chi connectivity index (χ4n) is 2.18. The Hall–Kier alpha value is -2.21. The van der Waals surface area contributed by atoms with Crippen molar-refractivity contribution >= 4 is 11.6 Å². The Bertz CT molecular complexity index is 632. The van der Waals surface area contributed by atoms with E-state index in [1.165, 1.54) is 12.8 Å². The van der Waals surface area contributed by atoms with Gasteiger partial charge in [-0.25, -0.2) is 0 Å².